The van der Waals surface area contributed by atoms with Crippen molar-refractivity contribution in [2.75, 3.05) is 13.6 Å². The number of hydrogen-bond acceptors (Lipinski definition) is 2. The maximum atomic E-state index is 12.2. The van der Waals surface area contributed by atoms with E-state index in [1.54, 1.807) is 0 Å². The van der Waals surface area contributed by atoms with Gasteiger partial charge in [0.05, 0.1) is 0 Å². The molecule has 4 heteroatoms. The Labute approximate surface area is 191 Å². The van der Waals surface area contributed by atoms with Crippen LogP contribution in [0.3, 0.4) is 0 Å². The highest BCUT2D eigenvalue weighted by Gasteiger charge is 2.23. The molecule has 0 fully saturated rings. The van der Waals surface area contributed by atoms with Crippen LogP contribution in [-0.4, -0.2) is 36.6 Å². The molecule has 31 heavy (non-hydrogen) atoms. The Hall–Kier alpha value is -2.33. The van der Waals surface area contributed by atoms with Gasteiger partial charge < -0.3 is 10.6 Å². The van der Waals surface area contributed by atoms with Gasteiger partial charge in [0, 0.05) is 25.2 Å². The highest BCUT2D eigenvalue weighted by atomic mass is 16.2. The van der Waals surface area contributed by atoms with Gasteiger partial charge in [-0.25, -0.2) is 4.79 Å². The third kappa shape index (κ3) is 10.5. The molecule has 1 aliphatic rings. The van der Waals surface area contributed by atoms with Gasteiger partial charge in [-0.1, -0.05) is 96.1 Å². The molecule has 4 nitrogen and oxygen atoms in total. The summed E-state index contributed by atoms with van der Waals surface area (Å²) in [5, 5.41) is 6.07. The number of likely N-dealkylation sites (N-methyl/N-ethyl adjacent to an activating group) is 1. The second-order valence-corrected chi connectivity index (χ2v) is 6.99. The molecule has 2 N–H and O–H groups in total. The highest BCUT2D eigenvalue weighted by Crippen LogP contribution is 2.21. The Morgan fingerprint density at radius 2 is 1.48 bits per heavy atom. The average molecular weight is 428 g/mol. The van der Waals surface area contributed by atoms with Gasteiger partial charge in [-0.15, -0.1) is 0 Å². The molecule has 0 aromatic heterocycles. The number of nitrogens with one attached hydrogen (secondary N) is 2. The molecule has 2 amide bonds. The number of benzene rings is 2. The summed E-state index contributed by atoms with van der Waals surface area (Å²) in [4.78, 5) is 14.5. The molecule has 0 bridgehead atoms. The number of carbonyl (C=O) groups is 1. The van der Waals surface area contributed by atoms with Gasteiger partial charge in [-0.05, 0) is 43.5 Å². The second kappa shape index (κ2) is 17.4. The molecule has 1 aliphatic heterocycles. The van der Waals surface area contributed by atoms with Crippen LogP contribution in [0.25, 0.3) is 0 Å². The van der Waals surface area contributed by atoms with Crippen molar-refractivity contribution in [3.05, 3.63) is 71.3 Å². The van der Waals surface area contributed by atoms with E-state index in [0.29, 0.717) is 12.6 Å². The summed E-state index contributed by atoms with van der Waals surface area (Å²) in [5.74, 6) is 0. The van der Waals surface area contributed by atoms with Crippen molar-refractivity contribution in [3.63, 3.8) is 0 Å². The molecule has 0 spiro atoms. The van der Waals surface area contributed by atoms with Gasteiger partial charge >= 0.3 is 6.03 Å². The fraction of sp³-hybridized carbons (Fsp3) is 0.519. The van der Waals surface area contributed by atoms with E-state index in [4.69, 9.17) is 0 Å². The summed E-state index contributed by atoms with van der Waals surface area (Å²) in [6, 6.07) is 19.2. The third-order valence-corrected chi connectivity index (χ3v) is 4.88. The first-order valence-corrected chi connectivity index (χ1v) is 12.0. The minimum atomic E-state index is -0.0873. The van der Waals surface area contributed by atoms with Crippen molar-refractivity contribution in [2.45, 2.75) is 79.9 Å². The van der Waals surface area contributed by atoms with Crippen molar-refractivity contribution < 1.29 is 4.79 Å². The smallest absolute Gasteiger partial charge is 0.315 e. The first-order chi connectivity index (χ1) is 15.1. The van der Waals surface area contributed by atoms with E-state index in [-0.39, 0.29) is 12.1 Å². The molecule has 2 aromatic carbocycles. The monoisotopic (exact) mass is 427 g/mol. The highest BCUT2D eigenvalue weighted by molar-refractivity contribution is 5.74. The van der Waals surface area contributed by atoms with Crippen LogP contribution in [0.15, 0.2) is 54.6 Å². The lowest BCUT2D eigenvalue weighted by Gasteiger charge is -2.34. The lowest BCUT2D eigenvalue weighted by Crippen LogP contribution is -2.49. The van der Waals surface area contributed by atoms with Crippen LogP contribution >= 0.6 is 0 Å². The molecule has 2 aromatic rings. The Morgan fingerprint density at radius 3 is 2.10 bits per heavy atom. The topological polar surface area (TPSA) is 44.4 Å². The normalized spacial score (nSPS) is 15.3. The number of amides is 2. The zero-order valence-electron chi connectivity index (χ0n) is 21.0. The van der Waals surface area contributed by atoms with Crippen LogP contribution in [0.2, 0.25) is 0 Å². The van der Waals surface area contributed by atoms with Gasteiger partial charge in [0.15, 0.2) is 0 Å². The summed E-state index contributed by atoms with van der Waals surface area (Å²) < 4.78 is 0. The van der Waals surface area contributed by atoms with Crippen LogP contribution in [0.5, 0.6) is 0 Å². The van der Waals surface area contributed by atoms with E-state index in [1.807, 2.05) is 66.7 Å². The summed E-state index contributed by atoms with van der Waals surface area (Å²) in [7, 11) is 2.12. The minimum absolute atomic E-state index is 0.0873. The van der Waals surface area contributed by atoms with E-state index in [2.05, 4.69) is 59.0 Å². The fourth-order valence-electron chi connectivity index (χ4n) is 3.45. The van der Waals surface area contributed by atoms with Crippen LogP contribution in [0, 0.1) is 0 Å². The lowest BCUT2D eigenvalue weighted by atomic mass is 9.94. The van der Waals surface area contributed by atoms with Gasteiger partial charge in [-0.3, -0.25) is 4.90 Å². The molecular weight excluding hydrogens is 382 g/mol. The first kappa shape index (κ1) is 28.7. The van der Waals surface area contributed by atoms with E-state index in [1.165, 1.54) is 16.7 Å². The predicted octanol–water partition coefficient (Wildman–Crippen LogP) is 6.05. The van der Waals surface area contributed by atoms with Crippen LogP contribution in [-0.2, 0) is 19.4 Å². The van der Waals surface area contributed by atoms with Crippen LogP contribution < -0.4 is 10.6 Å². The molecule has 0 unspecified atom stereocenters. The molecule has 3 rings (SSSR count). The molecule has 1 heterocycles. The van der Waals surface area contributed by atoms with Crippen molar-refractivity contribution in [1.29, 1.82) is 0 Å². The number of nitrogens with zero attached hydrogens (tertiary/aromatic N) is 1. The first-order valence-electron chi connectivity index (χ1n) is 12.0. The zero-order valence-corrected chi connectivity index (χ0v) is 21.0. The van der Waals surface area contributed by atoms with Gasteiger partial charge in [0.2, 0.25) is 0 Å². The summed E-state index contributed by atoms with van der Waals surface area (Å²) >= 11 is 0. The largest absolute Gasteiger partial charge is 0.337 e. The van der Waals surface area contributed by atoms with E-state index in [9.17, 15) is 4.79 Å². The van der Waals surface area contributed by atoms with Crippen LogP contribution in [0.1, 0.15) is 65.2 Å². The van der Waals surface area contributed by atoms with Gasteiger partial charge in [0.25, 0.3) is 0 Å². The Bertz CT molecular complexity index is 703. The number of carbonyl (C=O) groups excluding carboxylic acids is 1. The predicted molar refractivity (Wildman–Crippen MR) is 136 cm³/mol. The van der Waals surface area contributed by atoms with Crippen molar-refractivity contribution in [2.24, 2.45) is 0 Å². The SMILES string of the molecule is CC.CC.CC.C[C@@H](Cc1ccccc1)NC(=O)NC[C@@H]1Cc2ccccc2CN1C. The van der Waals surface area contributed by atoms with Crippen molar-refractivity contribution in [1.82, 2.24) is 15.5 Å². The molecular formula is C27H45N3O. The summed E-state index contributed by atoms with van der Waals surface area (Å²) in [5.41, 5.74) is 4.02. The quantitative estimate of drug-likeness (QED) is 0.610. The molecule has 0 saturated carbocycles. The Morgan fingerprint density at radius 1 is 0.935 bits per heavy atom. The zero-order chi connectivity index (χ0) is 23.6. The number of urea groups is 1. The summed E-state index contributed by atoms with van der Waals surface area (Å²) in [6.07, 6.45) is 1.82. The molecule has 174 valence electrons. The van der Waals surface area contributed by atoms with Gasteiger partial charge in [0.1, 0.15) is 0 Å². The van der Waals surface area contributed by atoms with Gasteiger partial charge in [-0.2, -0.15) is 0 Å². The number of hydrogen-bond donors (Lipinski definition) is 2. The maximum Gasteiger partial charge on any atom is 0.315 e. The molecule has 0 radical (unpaired) electrons. The maximum absolute atomic E-state index is 12.2. The van der Waals surface area contributed by atoms with Crippen molar-refractivity contribution in [3.8, 4) is 0 Å². The van der Waals surface area contributed by atoms with E-state index < -0.39 is 0 Å². The third-order valence-electron chi connectivity index (χ3n) is 4.88. The number of rotatable bonds is 5. The average Bonchev–Trinajstić information content (AvgIpc) is 2.82. The van der Waals surface area contributed by atoms with E-state index in [0.717, 1.165) is 19.4 Å². The lowest BCUT2D eigenvalue weighted by molar-refractivity contribution is 0.202. The molecule has 2 atom stereocenters. The van der Waals surface area contributed by atoms with Crippen molar-refractivity contribution >= 4 is 6.03 Å². The second-order valence-electron chi connectivity index (χ2n) is 6.99. The van der Waals surface area contributed by atoms with E-state index >= 15 is 0 Å². The fourth-order valence-corrected chi connectivity index (χ4v) is 3.45. The summed E-state index contributed by atoms with van der Waals surface area (Å²) in [6.45, 7) is 15.6. The number of fused-ring (bicyclic) bond motifs is 1. The standard InChI is InChI=1S/C21H27N3O.3C2H6/c1-16(12-17-8-4-3-5-9-17)23-21(25)22-14-20-13-18-10-6-7-11-19(18)15-24(20)2;3*1-2/h3-11,16,20H,12-15H2,1-2H3,(H2,22,23,25);3*1-2H3/t16-,20-;;;/m0.../s1. The Balaban J connectivity index is 0.00000138. The Kier molecular flexibility index (Phi) is 16.1. The minimum Gasteiger partial charge on any atom is -0.337 e. The molecule has 0 saturated heterocycles. The van der Waals surface area contributed by atoms with Crippen LogP contribution in [0.4, 0.5) is 4.79 Å². The molecule has 0 aliphatic carbocycles.